The highest BCUT2D eigenvalue weighted by Gasteiger charge is 2.34. The molecule has 1 aliphatic carbocycles. The van der Waals surface area contributed by atoms with Gasteiger partial charge < -0.3 is 10.1 Å². The molecule has 0 spiro atoms. The van der Waals surface area contributed by atoms with E-state index in [2.05, 4.69) is 23.9 Å². The van der Waals surface area contributed by atoms with Crippen LogP contribution in [0.5, 0.6) is 5.75 Å². The summed E-state index contributed by atoms with van der Waals surface area (Å²) in [6.45, 7) is 5.28. The Morgan fingerprint density at radius 3 is 2.71 bits per heavy atom. The predicted molar refractivity (Wildman–Crippen MR) is 76.3 cm³/mol. The molecular weight excluding hydrogens is 279 g/mol. The first kappa shape index (κ1) is 16.1. The van der Waals surface area contributed by atoms with Crippen molar-refractivity contribution in [2.45, 2.75) is 51.4 Å². The fourth-order valence-corrected chi connectivity index (χ4v) is 3.20. The third-order valence-corrected chi connectivity index (χ3v) is 4.23. The normalized spacial score (nSPS) is 26.0. The highest BCUT2D eigenvalue weighted by atomic mass is 19.4. The average Bonchev–Trinajstić information content (AvgIpc) is 2.76. The molecule has 0 aliphatic heterocycles. The SMILES string of the molecule is CCCNC1CCC(c2cccc(OC(F)(F)F)c2)C1C. The molecule has 3 atom stereocenters. The largest absolute Gasteiger partial charge is 0.573 e. The van der Waals surface area contributed by atoms with E-state index in [1.54, 1.807) is 6.07 Å². The van der Waals surface area contributed by atoms with E-state index >= 15 is 0 Å². The van der Waals surface area contributed by atoms with E-state index in [1.807, 2.05) is 6.07 Å². The van der Waals surface area contributed by atoms with Crippen LogP contribution in [-0.2, 0) is 0 Å². The summed E-state index contributed by atoms with van der Waals surface area (Å²) in [6.07, 6.45) is -1.48. The van der Waals surface area contributed by atoms with Crippen LogP contribution in [0.25, 0.3) is 0 Å². The maximum absolute atomic E-state index is 12.3. The minimum Gasteiger partial charge on any atom is -0.406 e. The van der Waals surface area contributed by atoms with Gasteiger partial charge in [-0.25, -0.2) is 0 Å². The summed E-state index contributed by atoms with van der Waals surface area (Å²) in [7, 11) is 0. The highest BCUT2D eigenvalue weighted by molar-refractivity contribution is 5.32. The van der Waals surface area contributed by atoms with Crippen LogP contribution in [0.1, 0.15) is 44.6 Å². The van der Waals surface area contributed by atoms with Crippen molar-refractivity contribution in [3.8, 4) is 5.75 Å². The molecule has 1 aliphatic rings. The summed E-state index contributed by atoms with van der Waals surface area (Å²) < 4.78 is 40.9. The molecule has 1 saturated carbocycles. The van der Waals surface area contributed by atoms with Crippen molar-refractivity contribution in [3.05, 3.63) is 29.8 Å². The third kappa shape index (κ3) is 4.37. The molecule has 2 nitrogen and oxygen atoms in total. The first-order valence-electron chi connectivity index (χ1n) is 7.50. The standard InChI is InChI=1S/C16H22F3NO/c1-3-9-20-15-8-7-14(11(15)2)12-5-4-6-13(10-12)21-16(17,18)19/h4-6,10-11,14-15,20H,3,7-9H2,1-2H3. The second-order valence-corrected chi connectivity index (χ2v) is 5.72. The fourth-order valence-electron chi connectivity index (χ4n) is 3.20. The molecule has 0 amide bonds. The first-order valence-corrected chi connectivity index (χ1v) is 7.50. The monoisotopic (exact) mass is 301 g/mol. The molecule has 0 aromatic heterocycles. The van der Waals surface area contributed by atoms with Crippen molar-refractivity contribution in [2.75, 3.05) is 6.54 Å². The van der Waals surface area contributed by atoms with E-state index in [0.717, 1.165) is 31.4 Å². The lowest BCUT2D eigenvalue weighted by Gasteiger charge is -2.22. The number of hydrogen-bond acceptors (Lipinski definition) is 2. The van der Waals surface area contributed by atoms with Crippen molar-refractivity contribution >= 4 is 0 Å². The average molecular weight is 301 g/mol. The second-order valence-electron chi connectivity index (χ2n) is 5.72. The summed E-state index contributed by atoms with van der Waals surface area (Å²) in [6, 6.07) is 6.85. The highest BCUT2D eigenvalue weighted by Crippen LogP contribution is 2.40. The minimum atomic E-state index is -4.63. The third-order valence-electron chi connectivity index (χ3n) is 4.23. The number of rotatable bonds is 5. The Labute approximate surface area is 123 Å². The van der Waals surface area contributed by atoms with E-state index in [9.17, 15) is 13.2 Å². The van der Waals surface area contributed by atoms with E-state index in [4.69, 9.17) is 0 Å². The maximum atomic E-state index is 12.3. The van der Waals surface area contributed by atoms with Gasteiger partial charge in [-0.15, -0.1) is 13.2 Å². The topological polar surface area (TPSA) is 21.3 Å². The molecule has 0 saturated heterocycles. The van der Waals surface area contributed by atoms with Gasteiger partial charge in [0.15, 0.2) is 0 Å². The van der Waals surface area contributed by atoms with E-state index in [-0.39, 0.29) is 11.7 Å². The Bertz CT molecular complexity index is 461. The van der Waals surface area contributed by atoms with E-state index < -0.39 is 6.36 Å². The predicted octanol–water partition coefficient (Wildman–Crippen LogP) is 4.47. The molecule has 1 aromatic carbocycles. The second kappa shape index (κ2) is 6.69. The van der Waals surface area contributed by atoms with Gasteiger partial charge in [0.25, 0.3) is 0 Å². The molecule has 21 heavy (non-hydrogen) atoms. The van der Waals surface area contributed by atoms with Crippen LogP contribution in [0.15, 0.2) is 24.3 Å². The molecule has 0 bridgehead atoms. The Morgan fingerprint density at radius 2 is 2.05 bits per heavy atom. The smallest absolute Gasteiger partial charge is 0.406 e. The fraction of sp³-hybridized carbons (Fsp3) is 0.625. The van der Waals surface area contributed by atoms with Crippen LogP contribution in [0.4, 0.5) is 13.2 Å². The zero-order valence-corrected chi connectivity index (χ0v) is 12.4. The summed E-state index contributed by atoms with van der Waals surface area (Å²) in [5.74, 6) is 0.575. The lowest BCUT2D eigenvalue weighted by Crippen LogP contribution is -2.32. The number of nitrogens with one attached hydrogen (secondary N) is 1. The summed E-state index contributed by atoms with van der Waals surface area (Å²) in [5.41, 5.74) is 0.935. The van der Waals surface area contributed by atoms with Crippen LogP contribution >= 0.6 is 0 Å². The number of halogens is 3. The van der Waals surface area contributed by atoms with Crippen LogP contribution in [0.2, 0.25) is 0 Å². The molecule has 118 valence electrons. The van der Waals surface area contributed by atoms with Gasteiger partial charge in [0.1, 0.15) is 5.75 Å². The molecular formula is C16H22F3NO. The Balaban J connectivity index is 2.07. The van der Waals surface area contributed by atoms with Gasteiger partial charge >= 0.3 is 6.36 Å². The molecule has 1 fully saturated rings. The number of alkyl halides is 3. The van der Waals surface area contributed by atoms with Gasteiger partial charge in [0.2, 0.25) is 0 Å². The molecule has 0 heterocycles. The Kier molecular flexibility index (Phi) is 5.14. The maximum Gasteiger partial charge on any atom is 0.573 e. The number of hydrogen-bond donors (Lipinski definition) is 1. The number of ether oxygens (including phenoxy) is 1. The first-order chi connectivity index (χ1) is 9.90. The van der Waals surface area contributed by atoms with Gasteiger partial charge in [-0.3, -0.25) is 0 Å². The van der Waals surface area contributed by atoms with Crippen molar-refractivity contribution in [1.82, 2.24) is 5.32 Å². The van der Waals surface area contributed by atoms with Crippen LogP contribution in [-0.4, -0.2) is 18.9 Å². The van der Waals surface area contributed by atoms with E-state index in [1.165, 1.54) is 12.1 Å². The molecule has 3 unspecified atom stereocenters. The zero-order chi connectivity index (χ0) is 15.5. The van der Waals surface area contributed by atoms with E-state index in [0.29, 0.717) is 12.0 Å². The quantitative estimate of drug-likeness (QED) is 0.866. The number of benzene rings is 1. The van der Waals surface area contributed by atoms with Crippen LogP contribution in [0, 0.1) is 5.92 Å². The van der Waals surface area contributed by atoms with Crippen molar-refractivity contribution in [3.63, 3.8) is 0 Å². The molecule has 1 aromatic rings. The van der Waals surface area contributed by atoms with Crippen LogP contribution in [0.3, 0.4) is 0 Å². The Morgan fingerprint density at radius 1 is 1.29 bits per heavy atom. The van der Waals surface area contributed by atoms with Gasteiger partial charge in [0, 0.05) is 6.04 Å². The summed E-state index contributed by atoms with van der Waals surface area (Å²) >= 11 is 0. The lowest BCUT2D eigenvalue weighted by molar-refractivity contribution is -0.274. The van der Waals surface area contributed by atoms with Gasteiger partial charge in [-0.05, 0) is 55.3 Å². The minimum absolute atomic E-state index is 0.128. The van der Waals surface area contributed by atoms with Crippen molar-refractivity contribution < 1.29 is 17.9 Å². The molecule has 5 heteroatoms. The van der Waals surface area contributed by atoms with Gasteiger partial charge in [-0.1, -0.05) is 26.0 Å². The molecule has 0 radical (unpaired) electrons. The zero-order valence-electron chi connectivity index (χ0n) is 12.4. The Hall–Kier alpha value is -1.23. The molecule has 1 N–H and O–H groups in total. The van der Waals surface area contributed by atoms with Gasteiger partial charge in [0.05, 0.1) is 0 Å². The molecule has 2 rings (SSSR count). The van der Waals surface area contributed by atoms with Gasteiger partial charge in [-0.2, -0.15) is 0 Å². The van der Waals surface area contributed by atoms with Crippen molar-refractivity contribution in [2.24, 2.45) is 5.92 Å². The summed E-state index contributed by atoms with van der Waals surface area (Å²) in [4.78, 5) is 0. The van der Waals surface area contributed by atoms with Crippen LogP contribution < -0.4 is 10.1 Å². The van der Waals surface area contributed by atoms with Crippen molar-refractivity contribution in [1.29, 1.82) is 0 Å². The lowest BCUT2D eigenvalue weighted by atomic mass is 9.89. The summed E-state index contributed by atoms with van der Waals surface area (Å²) in [5, 5.41) is 3.52.